The summed E-state index contributed by atoms with van der Waals surface area (Å²) in [5, 5.41) is 2.80. The molecule has 4 nitrogen and oxygen atoms in total. The zero-order valence-electron chi connectivity index (χ0n) is 11.4. The molecule has 5 heteroatoms. The van der Waals surface area contributed by atoms with E-state index in [1.54, 1.807) is 0 Å². The molecule has 102 valence electrons. The average Bonchev–Trinajstić information content (AvgIpc) is 2.53. The predicted molar refractivity (Wildman–Crippen MR) is 72.8 cm³/mol. The smallest absolute Gasteiger partial charge is 0.220 e. The Morgan fingerprint density at radius 2 is 1.65 bits per heavy atom. The van der Waals surface area contributed by atoms with E-state index in [2.05, 4.69) is 30.3 Å². The van der Waals surface area contributed by atoms with E-state index >= 15 is 0 Å². The molecule has 2 heterocycles. The summed E-state index contributed by atoms with van der Waals surface area (Å²) in [6.07, 6.45) is 11.1. The van der Waals surface area contributed by atoms with Gasteiger partial charge in [0, 0.05) is 25.8 Å². The van der Waals surface area contributed by atoms with Crippen molar-refractivity contribution in [1.29, 1.82) is 0 Å². The maximum absolute atomic E-state index is 11.0. The van der Waals surface area contributed by atoms with Crippen LogP contribution < -0.4 is 5.32 Å². The first-order valence-electron chi connectivity index (χ1n) is 5.99. The largest absolute Gasteiger partial charge is 0.356 e. The molecule has 0 aromatic carbocycles. The Labute approximate surface area is 106 Å². The normalized spacial score (nSPS) is 24.6. The van der Waals surface area contributed by atoms with Crippen LogP contribution in [0.15, 0.2) is 0 Å². The molecule has 0 bridgehead atoms. The fraction of sp³-hybridized carbons (Fsp3) is 0.917. The molecule has 0 unspecified atom stereocenters. The molecule has 0 radical (unpaired) electrons. The number of carbonyl (C=O) groups is 1. The third-order valence-electron chi connectivity index (χ3n) is 2.37. The van der Waals surface area contributed by atoms with Gasteiger partial charge in [-0.2, -0.15) is 0 Å². The van der Waals surface area contributed by atoms with E-state index < -0.39 is 5.79 Å². The second-order valence-corrected chi connectivity index (χ2v) is 10.6. The zero-order valence-corrected chi connectivity index (χ0v) is 12.2. The highest BCUT2D eigenvalue weighted by Gasteiger charge is 2.37. The summed E-state index contributed by atoms with van der Waals surface area (Å²) in [6, 6.07) is 0. The molecule has 2 fully saturated rings. The van der Waals surface area contributed by atoms with Gasteiger partial charge in [-0.1, -0.05) is 0 Å². The van der Waals surface area contributed by atoms with E-state index in [0.717, 1.165) is 6.42 Å². The fourth-order valence-corrected chi connectivity index (χ4v) is 1.70. The molecule has 0 atom stereocenters. The highest BCUT2D eigenvalue weighted by Crippen LogP contribution is 2.29. The Morgan fingerprint density at radius 3 is 2.18 bits per heavy atom. The van der Waals surface area contributed by atoms with Crippen LogP contribution in [0.3, 0.4) is 0 Å². The summed E-state index contributed by atoms with van der Waals surface area (Å²) in [5.41, 5.74) is 0. The molecule has 2 rings (SSSR count). The Balaban J connectivity index is 0.000000249. The topological polar surface area (TPSA) is 47.6 Å². The monoisotopic (exact) mass is 263 g/mol. The Morgan fingerprint density at radius 1 is 1.12 bits per heavy atom. The molecular weight excluding hydrogens is 238 g/mol. The lowest BCUT2D eigenvalue weighted by Crippen LogP contribution is -2.31. The second-order valence-electron chi connectivity index (χ2n) is 5.66. The third-order valence-corrected chi connectivity index (χ3v) is 2.37. The van der Waals surface area contributed by atoms with E-state index in [-0.39, 0.29) is 15.9 Å². The van der Waals surface area contributed by atoms with Crippen molar-refractivity contribution in [3.63, 3.8) is 0 Å². The van der Waals surface area contributed by atoms with Gasteiger partial charge in [0.15, 0.2) is 5.79 Å². The predicted octanol–water partition coefficient (Wildman–Crippen LogP) is 1.34. The maximum atomic E-state index is 11.0. The quantitative estimate of drug-likeness (QED) is 0.717. The minimum Gasteiger partial charge on any atom is -0.356 e. The Hall–Kier alpha value is -0.260. The molecular formula is C12H25NO3S. The number of ether oxygens (including phenoxy) is 2. The van der Waals surface area contributed by atoms with Gasteiger partial charge < -0.3 is 14.8 Å². The summed E-state index contributed by atoms with van der Waals surface area (Å²) in [4.78, 5) is 11.0. The molecule has 0 aromatic rings. The van der Waals surface area contributed by atoms with Crippen molar-refractivity contribution in [3.8, 4) is 0 Å². The second kappa shape index (κ2) is 6.07. The fourth-order valence-electron chi connectivity index (χ4n) is 1.70. The minimum absolute atomic E-state index is 0.103. The van der Waals surface area contributed by atoms with Gasteiger partial charge in [-0.15, -0.1) is 0 Å². The van der Waals surface area contributed by atoms with Crippen LogP contribution in [0.5, 0.6) is 0 Å². The van der Waals surface area contributed by atoms with Crippen molar-refractivity contribution >= 4 is 15.9 Å². The van der Waals surface area contributed by atoms with Crippen molar-refractivity contribution in [2.24, 2.45) is 0 Å². The van der Waals surface area contributed by atoms with Crippen molar-refractivity contribution in [1.82, 2.24) is 5.32 Å². The Kier molecular flexibility index (Phi) is 5.28. The molecule has 1 amide bonds. The van der Waals surface area contributed by atoms with Crippen LogP contribution in [0.25, 0.3) is 0 Å². The first-order chi connectivity index (χ1) is 7.81. The van der Waals surface area contributed by atoms with E-state index in [9.17, 15) is 4.79 Å². The Bertz CT molecular complexity index is 251. The molecule has 1 N–H and O–H groups in total. The van der Waals surface area contributed by atoms with Crippen molar-refractivity contribution in [3.05, 3.63) is 0 Å². The summed E-state index contributed by atoms with van der Waals surface area (Å²) in [7, 11) is -0.167. The van der Waals surface area contributed by atoms with Crippen molar-refractivity contribution < 1.29 is 14.3 Å². The SMILES string of the molecule is CS(C)(C)C.O=C1CCC2(CCN1)OCCO2. The highest BCUT2D eigenvalue weighted by molar-refractivity contribution is 8.31. The van der Waals surface area contributed by atoms with Crippen LogP contribution in [0, 0.1) is 0 Å². The first-order valence-corrected chi connectivity index (χ1v) is 9.25. The van der Waals surface area contributed by atoms with E-state index in [1.165, 1.54) is 0 Å². The highest BCUT2D eigenvalue weighted by atomic mass is 32.3. The molecule has 2 saturated heterocycles. The number of carbonyl (C=O) groups excluding carboxylic acids is 1. The summed E-state index contributed by atoms with van der Waals surface area (Å²) >= 11 is 0. The van der Waals surface area contributed by atoms with E-state index in [0.29, 0.717) is 32.6 Å². The summed E-state index contributed by atoms with van der Waals surface area (Å²) in [6.45, 7) is 1.99. The van der Waals surface area contributed by atoms with Gasteiger partial charge in [0.1, 0.15) is 0 Å². The standard InChI is InChI=1S/C8H13NO3.C4H12S/c10-7-1-2-8(3-4-9-7)11-5-6-12-8;1-5(2,3)4/h1-6H2,(H,9,10);1-4H3. The summed E-state index contributed by atoms with van der Waals surface area (Å²) < 4.78 is 11.0. The van der Waals surface area contributed by atoms with Crippen LogP contribution in [0.2, 0.25) is 0 Å². The zero-order chi connectivity index (χ0) is 12.9. The lowest BCUT2D eigenvalue weighted by atomic mass is 10.1. The molecule has 0 aromatic heterocycles. The van der Waals surface area contributed by atoms with Crippen LogP contribution in [-0.2, 0) is 14.3 Å². The van der Waals surface area contributed by atoms with Crippen LogP contribution in [0.4, 0.5) is 0 Å². The number of nitrogens with one attached hydrogen (secondary N) is 1. The van der Waals surface area contributed by atoms with Gasteiger partial charge in [-0.05, 0) is 25.0 Å². The number of hydrogen-bond donors (Lipinski definition) is 1. The van der Waals surface area contributed by atoms with Crippen LogP contribution in [0.1, 0.15) is 19.3 Å². The van der Waals surface area contributed by atoms with Gasteiger partial charge >= 0.3 is 0 Å². The van der Waals surface area contributed by atoms with E-state index in [1.807, 2.05) is 0 Å². The van der Waals surface area contributed by atoms with Gasteiger partial charge in [0.05, 0.1) is 13.2 Å². The average molecular weight is 263 g/mol. The van der Waals surface area contributed by atoms with Gasteiger partial charge in [0.25, 0.3) is 0 Å². The number of amides is 1. The van der Waals surface area contributed by atoms with Crippen molar-refractivity contribution in [2.75, 3.05) is 44.8 Å². The third kappa shape index (κ3) is 6.29. The van der Waals surface area contributed by atoms with Crippen LogP contribution >= 0.6 is 10.0 Å². The molecule has 2 aliphatic rings. The lowest BCUT2D eigenvalue weighted by molar-refractivity contribution is -0.163. The minimum atomic E-state index is -0.445. The van der Waals surface area contributed by atoms with Crippen LogP contribution in [-0.4, -0.2) is 56.5 Å². The molecule has 0 saturated carbocycles. The number of rotatable bonds is 0. The number of hydrogen-bond acceptors (Lipinski definition) is 3. The van der Waals surface area contributed by atoms with Gasteiger partial charge in [0.2, 0.25) is 5.91 Å². The van der Waals surface area contributed by atoms with Crippen molar-refractivity contribution in [2.45, 2.75) is 25.0 Å². The van der Waals surface area contributed by atoms with E-state index in [4.69, 9.17) is 9.47 Å². The molecule has 1 spiro atoms. The maximum Gasteiger partial charge on any atom is 0.220 e. The summed E-state index contributed by atoms with van der Waals surface area (Å²) in [5.74, 6) is -0.343. The van der Waals surface area contributed by atoms with Gasteiger partial charge in [-0.25, -0.2) is 0 Å². The molecule has 0 aliphatic carbocycles. The van der Waals surface area contributed by atoms with Gasteiger partial charge in [-0.3, -0.25) is 14.8 Å². The molecule has 17 heavy (non-hydrogen) atoms. The molecule has 2 aliphatic heterocycles. The first kappa shape index (κ1) is 14.8. The lowest BCUT2D eigenvalue weighted by Gasteiger charge is -2.24.